The van der Waals surface area contributed by atoms with Crippen molar-refractivity contribution in [2.24, 2.45) is 11.0 Å². The molecule has 5 nitrogen and oxygen atoms in total. The molecule has 26 heavy (non-hydrogen) atoms. The summed E-state index contributed by atoms with van der Waals surface area (Å²) in [4.78, 5) is 26.3. The highest BCUT2D eigenvalue weighted by Crippen LogP contribution is 2.20. The summed E-state index contributed by atoms with van der Waals surface area (Å²) in [6, 6.07) is 17.5. The maximum absolute atomic E-state index is 12.4. The van der Waals surface area contributed by atoms with Gasteiger partial charge in [-0.1, -0.05) is 58.4 Å². The third kappa shape index (κ3) is 4.58. The molecule has 6 heteroatoms. The molecule has 3 rings (SSSR count). The molecule has 0 spiro atoms. The smallest absolute Gasteiger partial charge is 0.245 e. The predicted octanol–water partition coefficient (Wildman–Crippen LogP) is 3.34. The summed E-state index contributed by atoms with van der Waals surface area (Å²) in [7, 11) is 0. The van der Waals surface area contributed by atoms with Crippen LogP contribution in [0.3, 0.4) is 0 Å². The number of amides is 2. The van der Waals surface area contributed by atoms with Crippen molar-refractivity contribution < 1.29 is 9.59 Å². The molecule has 1 unspecified atom stereocenters. The minimum atomic E-state index is -0.368. The van der Waals surface area contributed by atoms with E-state index in [0.717, 1.165) is 21.3 Å². The summed E-state index contributed by atoms with van der Waals surface area (Å²) in [5.41, 5.74) is 5.31. The fraction of sp³-hybridized carbons (Fsp3) is 0.250. The second-order valence-corrected chi connectivity index (χ2v) is 7.26. The Bertz CT molecular complexity index is 819. The van der Waals surface area contributed by atoms with Gasteiger partial charge >= 0.3 is 0 Å². The number of benzene rings is 2. The number of halogens is 1. The van der Waals surface area contributed by atoms with Gasteiger partial charge in [-0.05, 0) is 30.2 Å². The van der Waals surface area contributed by atoms with E-state index in [4.69, 9.17) is 0 Å². The van der Waals surface area contributed by atoms with Crippen LogP contribution in [0.25, 0.3) is 0 Å². The van der Waals surface area contributed by atoms with E-state index in [1.807, 2.05) is 61.5 Å². The van der Waals surface area contributed by atoms with Crippen molar-refractivity contribution in [1.82, 2.24) is 10.3 Å². The molecule has 1 aliphatic rings. The topological polar surface area (TPSA) is 61.8 Å². The normalized spacial score (nSPS) is 17.5. The molecular weight excluding hydrogens is 394 g/mol. The molecule has 1 aliphatic heterocycles. The highest BCUT2D eigenvalue weighted by molar-refractivity contribution is 9.10. The molecule has 0 saturated carbocycles. The van der Waals surface area contributed by atoms with E-state index in [1.165, 1.54) is 0 Å². The van der Waals surface area contributed by atoms with E-state index >= 15 is 0 Å². The zero-order valence-corrected chi connectivity index (χ0v) is 16.1. The van der Waals surface area contributed by atoms with Crippen LogP contribution in [0.15, 0.2) is 64.2 Å². The Labute approximate surface area is 161 Å². The lowest BCUT2D eigenvalue weighted by molar-refractivity contribution is -0.129. The number of hydrazone groups is 1. The van der Waals surface area contributed by atoms with Crippen LogP contribution in [0.4, 0.5) is 0 Å². The number of likely N-dealkylation sites (tertiary alicyclic amines) is 1. The summed E-state index contributed by atoms with van der Waals surface area (Å²) in [5, 5.41) is 4.17. The first-order valence-corrected chi connectivity index (χ1v) is 9.24. The number of rotatable bonds is 5. The van der Waals surface area contributed by atoms with E-state index in [9.17, 15) is 9.59 Å². The SMILES string of the molecule is C/C(=N\NC(=O)C1CC(=O)N(Cc2ccccc2)C1)c1ccc(Br)cc1. The molecule has 1 saturated heterocycles. The van der Waals surface area contributed by atoms with Crippen molar-refractivity contribution in [1.29, 1.82) is 0 Å². The highest BCUT2D eigenvalue weighted by atomic mass is 79.9. The summed E-state index contributed by atoms with van der Waals surface area (Å²) < 4.78 is 0.987. The van der Waals surface area contributed by atoms with Crippen molar-refractivity contribution in [2.75, 3.05) is 6.54 Å². The Morgan fingerprint density at radius 2 is 1.88 bits per heavy atom. The van der Waals surface area contributed by atoms with Gasteiger partial charge in [0.15, 0.2) is 0 Å². The van der Waals surface area contributed by atoms with Crippen LogP contribution < -0.4 is 5.43 Å². The van der Waals surface area contributed by atoms with E-state index in [-0.39, 0.29) is 24.2 Å². The molecular formula is C20H20BrN3O2. The lowest BCUT2D eigenvalue weighted by Crippen LogP contribution is -2.30. The second kappa shape index (κ2) is 8.27. The monoisotopic (exact) mass is 413 g/mol. The fourth-order valence-corrected chi connectivity index (χ4v) is 3.15. The third-order valence-corrected chi connectivity index (χ3v) is 4.93. The van der Waals surface area contributed by atoms with Crippen LogP contribution in [0.2, 0.25) is 0 Å². The van der Waals surface area contributed by atoms with Gasteiger partial charge in [0.2, 0.25) is 11.8 Å². The lowest BCUT2D eigenvalue weighted by Gasteiger charge is -2.16. The molecule has 2 aromatic rings. The van der Waals surface area contributed by atoms with Gasteiger partial charge in [-0.15, -0.1) is 0 Å². The standard InChI is InChI=1S/C20H20BrN3O2/c1-14(16-7-9-18(21)10-8-16)22-23-20(26)17-11-19(25)24(13-17)12-15-5-3-2-4-6-15/h2-10,17H,11-13H2,1H3,(H,23,26)/b22-14+. The highest BCUT2D eigenvalue weighted by Gasteiger charge is 2.34. The molecule has 0 radical (unpaired) electrons. The second-order valence-electron chi connectivity index (χ2n) is 6.34. The quantitative estimate of drug-likeness (QED) is 0.603. The van der Waals surface area contributed by atoms with Gasteiger partial charge in [0.25, 0.3) is 0 Å². The van der Waals surface area contributed by atoms with E-state index < -0.39 is 0 Å². The predicted molar refractivity (Wildman–Crippen MR) is 104 cm³/mol. The van der Waals surface area contributed by atoms with Crippen LogP contribution in [-0.2, 0) is 16.1 Å². The van der Waals surface area contributed by atoms with E-state index in [2.05, 4.69) is 26.5 Å². The van der Waals surface area contributed by atoms with Gasteiger partial charge < -0.3 is 4.90 Å². The first-order valence-electron chi connectivity index (χ1n) is 8.44. The minimum absolute atomic E-state index is 0.00242. The van der Waals surface area contributed by atoms with Gasteiger partial charge in [-0.2, -0.15) is 5.10 Å². The van der Waals surface area contributed by atoms with Gasteiger partial charge in [0.1, 0.15) is 0 Å². The van der Waals surface area contributed by atoms with E-state index in [1.54, 1.807) is 4.90 Å². The molecule has 2 amide bonds. The number of carbonyl (C=O) groups is 2. The largest absolute Gasteiger partial charge is 0.338 e. The minimum Gasteiger partial charge on any atom is -0.338 e. The van der Waals surface area contributed by atoms with Crippen molar-refractivity contribution in [3.8, 4) is 0 Å². The molecule has 2 aromatic carbocycles. The Morgan fingerprint density at radius 3 is 2.58 bits per heavy atom. The molecule has 1 atom stereocenters. The van der Waals surface area contributed by atoms with Crippen LogP contribution in [0.1, 0.15) is 24.5 Å². The Balaban J connectivity index is 1.57. The van der Waals surface area contributed by atoms with Crippen LogP contribution in [0.5, 0.6) is 0 Å². The number of carbonyl (C=O) groups excluding carboxylic acids is 2. The number of hydrogen-bond acceptors (Lipinski definition) is 3. The van der Waals surface area contributed by atoms with Gasteiger partial charge in [-0.3, -0.25) is 9.59 Å². The molecule has 0 aliphatic carbocycles. The summed E-state index contributed by atoms with van der Waals surface area (Å²) in [6.45, 7) is 2.79. The van der Waals surface area contributed by atoms with Crippen LogP contribution >= 0.6 is 15.9 Å². The zero-order chi connectivity index (χ0) is 18.5. The molecule has 0 aromatic heterocycles. The maximum atomic E-state index is 12.4. The zero-order valence-electron chi connectivity index (χ0n) is 14.5. The van der Waals surface area contributed by atoms with E-state index in [0.29, 0.717) is 13.1 Å². The van der Waals surface area contributed by atoms with Crippen molar-refractivity contribution in [3.63, 3.8) is 0 Å². The fourth-order valence-electron chi connectivity index (χ4n) is 2.89. The first-order chi connectivity index (χ1) is 12.5. The Hall–Kier alpha value is -2.47. The summed E-state index contributed by atoms with van der Waals surface area (Å²) in [5.74, 6) is -0.583. The van der Waals surface area contributed by atoms with Gasteiger partial charge in [-0.25, -0.2) is 5.43 Å². The Morgan fingerprint density at radius 1 is 1.19 bits per heavy atom. The van der Waals surface area contributed by atoms with Gasteiger partial charge in [0, 0.05) is 24.0 Å². The first kappa shape index (κ1) is 18.3. The number of nitrogens with zero attached hydrogens (tertiary/aromatic N) is 2. The van der Waals surface area contributed by atoms with Crippen LogP contribution in [-0.4, -0.2) is 29.0 Å². The van der Waals surface area contributed by atoms with Crippen molar-refractivity contribution >= 4 is 33.5 Å². The average Bonchev–Trinajstić information content (AvgIpc) is 3.01. The molecule has 1 heterocycles. The van der Waals surface area contributed by atoms with Gasteiger partial charge in [0.05, 0.1) is 11.6 Å². The third-order valence-electron chi connectivity index (χ3n) is 4.40. The Kier molecular flexibility index (Phi) is 5.83. The molecule has 0 bridgehead atoms. The van der Waals surface area contributed by atoms with Crippen molar-refractivity contribution in [2.45, 2.75) is 19.9 Å². The number of nitrogens with one attached hydrogen (secondary N) is 1. The maximum Gasteiger partial charge on any atom is 0.245 e. The summed E-state index contributed by atoms with van der Waals surface area (Å²) in [6.07, 6.45) is 0.228. The molecule has 1 fully saturated rings. The number of hydrogen-bond donors (Lipinski definition) is 1. The summed E-state index contributed by atoms with van der Waals surface area (Å²) >= 11 is 3.39. The molecule has 134 valence electrons. The average molecular weight is 414 g/mol. The van der Waals surface area contributed by atoms with Crippen molar-refractivity contribution in [3.05, 3.63) is 70.2 Å². The molecule has 1 N–H and O–H groups in total. The lowest BCUT2D eigenvalue weighted by atomic mass is 10.1. The van der Waals surface area contributed by atoms with Crippen LogP contribution in [0, 0.1) is 5.92 Å².